The molecule has 4 N–H and O–H groups in total. The number of hydrogen-bond acceptors (Lipinski definition) is 2. The molecule has 0 radical (unpaired) electrons. The Balaban J connectivity index is 0.000000292. The van der Waals surface area contributed by atoms with Crippen molar-refractivity contribution in [3.8, 4) is 0 Å². The molecule has 1 aliphatic carbocycles. The molecule has 0 aromatic rings. The highest BCUT2D eigenvalue weighted by Crippen LogP contribution is 2.14. The Labute approximate surface area is 70.3 Å². The molecule has 1 rings (SSSR count). The first kappa shape index (κ1) is 10.9. The van der Waals surface area contributed by atoms with Crippen molar-refractivity contribution in [1.82, 2.24) is 0 Å². The zero-order valence-corrected chi connectivity index (χ0v) is 7.84. The van der Waals surface area contributed by atoms with E-state index in [4.69, 9.17) is 11.5 Å². The molecule has 1 saturated carbocycles. The van der Waals surface area contributed by atoms with Gasteiger partial charge in [-0.1, -0.05) is 26.7 Å². The van der Waals surface area contributed by atoms with Gasteiger partial charge in [-0.15, -0.1) is 0 Å². The Kier molecular flexibility index (Phi) is 6.57. The van der Waals surface area contributed by atoms with E-state index in [9.17, 15) is 0 Å². The van der Waals surface area contributed by atoms with E-state index in [1.54, 1.807) is 0 Å². The van der Waals surface area contributed by atoms with Crippen molar-refractivity contribution in [2.24, 2.45) is 11.5 Å². The fourth-order valence-corrected chi connectivity index (χ4v) is 1.27. The van der Waals surface area contributed by atoms with Crippen molar-refractivity contribution in [2.45, 2.75) is 58.0 Å². The van der Waals surface area contributed by atoms with Gasteiger partial charge in [0.05, 0.1) is 0 Å². The third-order valence-corrected chi connectivity index (χ3v) is 1.76. The average Bonchev–Trinajstić information content (AvgIpc) is 1.88. The second kappa shape index (κ2) is 6.62. The molecule has 0 aromatic carbocycles. The normalized spacial score (nSPS) is 30.5. The summed E-state index contributed by atoms with van der Waals surface area (Å²) in [6.07, 6.45) is 5.85. The van der Waals surface area contributed by atoms with Crippen LogP contribution in [0.1, 0.15) is 46.0 Å². The summed E-state index contributed by atoms with van der Waals surface area (Å²) in [5, 5.41) is 0. The Morgan fingerprint density at radius 3 is 1.64 bits per heavy atom. The maximum Gasteiger partial charge on any atom is 0.00535 e. The van der Waals surface area contributed by atoms with Crippen molar-refractivity contribution in [3.63, 3.8) is 0 Å². The van der Waals surface area contributed by atoms with Crippen LogP contribution in [0.2, 0.25) is 0 Å². The Morgan fingerprint density at radius 1 is 1.09 bits per heavy atom. The maximum atomic E-state index is 5.65. The molecule has 2 unspecified atom stereocenters. The first-order valence-corrected chi connectivity index (χ1v) is 4.71. The smallest absolute Gasteiger partial charge is 0.00535 e. The van der Waals surface area contributed by atoms with E-state index in [0.717, 1.165) is 6.42 Å². The minimum Gasteiger partial charge on any atom is -0.328 e. The quantitative estimate of drug-likeness (QED) is 0.563. The Hall–Kier alpha value is -0.0800. The summed E-state index contributed by atoms with van der Waals surface area (Å²) in [6.45, 7) is 4.25. The molecule has 68 valence electrons. The monoisotopic (exact) mass is 158 g/mol. The molecular formula is C9H22N2. The average molecular weight is 158 g/mol. The summed E-state index contributed by atoms with van der Waals surface area (Å²) in [4.78, 5) is 0. The van der Waals surface area contributed by atoms with Gasteiger partial charge in [0, 0.05) is 12.1 Å². The molecule has 11 heavy (non-hydrogen) atoms. The molecule has 0 spiro atoms. The second-order valence-electron chi connectivity index (χ2n) is 3.39. The lowest BCUT2D eigenvalue weighted by Gasteiger charge is -2.22. The van der Waals surface area contributed by atoms with Gasteiger partial charge in [-0.25, -0.2) is 0 Å². The van der Waals surface area contributed by atoms with Gasteiger partial charge in [-0.2, -0.15) is 0 Å². The largest absolute Gasteiger partial charge is 0.328 e. The lowest BCUT2D eigenvalue weighted by atomic mass is 9.92. The third kappa shape index (κ3) is 6.32. The van der Waals surface area contributed by atoms with Crippen molar-refractivity contribution in [3.05, 3.63) is 0 Å². The van der Waals surface area contributed by atoms with Crippen LogP contribution in [0, 0.1) is 0 Å². The molecule has 0 heterocycles. The molecule has 0 bridgehead atoms. The van der Waals surface area contributed by atoms with E-state index in [0.29, 0.717) is 12.1 Å². The molecule has 0 amide bonds. The zero-order chi connectivity index (χ0) is 8.69. The lowest BCUT2D eigenvalue weighted by Crippen LogP contribution is -2.35. The van der Waals surface area contributed by atoms with E-state index in [-0.39, 0.29) is 0 Å². The van der Waals surface area contributed by atoms with Gasteiger partial charge in [-0.05, 0) is 19.3 Å². The first-order chi connectivity index (χ1) is 5.20. The van der Waals surface area contributed by atoms with Gasteiger partial charge in [0.25, 0.3) is 0 Å². The highest BCUT2D eigenvalue weighted by atomic mass is 14.7. The molecule has 1 fully saturated rings. The van der Waals surface area contributed by atoms with E-state index in [1.807, 2.05) is 0 Å². The van der Waals surface area contributed by atoms with Crippen LogP contribution in [0.25, 0.3) is 0 Å². The van der Waals surface area contributed by atoms with Gasteiger partial charge in [-0.3, -0.25) is 0 Å². The molecular weight excluding hydrogens is 136 g/mol. The summed E-state index contributed by atoms with van der Waals surface area (Å²) in [5.41, 5.74) is 11.3. The van der Waals surface area contributed by atoms with Crippen LogP contribution in [-0.2, 0) is 0 Å². The maximum absolute atomic E-state index is 5.65. The molecule has 2 nitrogen and oxygen atoms in total. The summed E-state index contributed by atoms with van der Waals surface area (Å²) in [6, 6.07) is 0.775. The minimum absolute atomic E-state index is 0.388. The van der Waals surface area contributed by atoms with Crippen LogP contribution in [0.15, 0.2) is 0 Å². The van der Waals surface area contributed by atoms with Crippen molar-refractivity contribution < 1.29 is 0 Å². The van der Waals surface area contributed by atoms with E-state index >= 15 is 0 Å². The fourth-order valence-electron chi connectivity index (χ4n) is 1.27. The highest BCUT2D eigenvalue weighted by molar-refractivity contribution is 4.76. The van der Waals surface area contributed by atoms with Crippen LogP contribution in [-0.4, -0.2) is 12.1 Å². The molecule has 0 aromatic heterocycles. The van der Waals surface area contributed by atoms with E-state index in [2.05, 4.69) is 13.8 Å². The Bertz CT molecular complexity index is 75.6. The standard InChI is InChI=1S/C6H14N2.C3H8/c7-5-2-1-3-6(8)4-5;1-3-2/h5-6H,1-4,7-8H2;3H2,1-2H3. The van der Waals surface area contributed by atoms with Gasteiger partial charge >= 0.3 is 0 Å². The number of rotatable bonds is 0. The van der Waals surface area contributed by atoms with Gasteiger partial charge in [0.1, 0.15) is 0 Å². The van der Waals surface area contributed by atoms with Crippen LogP contribution < -0.4 is 11.5 Å². The molecule has 1 aliphatic rings. The van der Waals surface area contributed by atoms with Crippen LogP contribution in [0.5, 0.6) is 0 Å². The zero-order valence-electron chi connectivity index (χ0n) is 7.84. The van der Waals surface area contributed by atoms with Crippen LogP contribution >= 0.6 is 0 Å². The SMILES string of the molecule is CCC.NC1CCCC(N)C1. The predicted octanol–water partition coefficient (Wildman–Crippen LogP) is 1.63. The molecule has 0 saturated heterocycles. The van der Waals surface area contributed by atoms with E-state index < -0.39 is 0 Å². The Morgan fingerprint density at radius 2 is 1.45 bits per heavy atom. The van der Waals surface area contributed by atoms with Crippen LogP contribution in [0.4, 0.5) is 0 Å². The first-order valence-electron chi connectivity index (χ1n) is 4.71. The number of hydrogen-bond donors (Lipinski definition) is 2. The summed E-state index contributed by atoms with van der Waals surface area (Å²) >= 11 is 0. The summed E-state index contributed by atoms with van der Waals surface area (Å²) in [5.74, 6) is 0. The summed E-state index contributed by atoms with van der Waals surface area (Å²) < 4.78 is 0. The topological polar surface area (TPSA) is 52.0 Å². The van der Waals surface area contributed by atoms with Crippen molar-refractivity contribution in [1.29, 1.82) is 0 Å². The van der Waals surface area contributed by atoms with Crippen molar-refractivity contribution in [2.75, 3.05) is 0 Å². The van der Waals surface area contributed by atoms with Gasteiger partial charge in [0.2, 0.25) is 0 Å². The third-order valence-electron chi connectivity index (χ3n) is 1.76. The fraction of sp³-hybridized carbons (Fsp3) is 1.00. The number of nitrogens with two attached hydrogens (primary N) is 2. The highest BCUT2D eigenvalue weighted by Gasteiger charge is 2.14. The van der Waals surface area contributed by atoms with Gasteiger partial charge in [0.15, 0.2) is 0 Å². The predicted molar refractivity (Wildman–Crippen MR) is 50.4 cm³/mol. The molecule has 2 heteroatoms. The molecule has 0 aliphatic heterocycles. The van der Waals surface area contributed by atoms with Gasteiger partial charge < -0.3 is 11.5 Å². The lowest BCUT2D eigenvalue weighted by molar-refractivity contribution is 0.392. The van der Waals surface area contributed by atoms with Crippen LogP contribution in [0.3, 0.4) is 0 Å². The van der Waals surface area contributed by atoms with E-state index in [1.165, 1.54) is 25.7 Å². The van der Waals surface area contributed by atoms with Crippen molar-refractivity contribution >= 4 is 0 Å². The summed E-state index contributed by atoms with van der Waals surface area (Å²) in [7, 11) is 0. The minimum atomic E-state index is 0.388. The second-order valence-corrected chi connectivity index (χ2v) is 3.39. The molecule has 2 atom stereocenters.